The van der Waals surface area contributed by atoms with Crippen LogP contribution in [0.1, 0.15) is 6.23 Å². The van der Waals surface area contributed by atoms with Crippen molar-refractivity contribution in [1.29, 1.82) is 0 Å². The monoisotopic (exact) mass is 293 g/mol. The number of anilines is 1. The lowest BCUT2D eigenvalue weighted by Gasteiger charge is -2.18. The van der Waals surface area contributed by atoms with Crippen LogP contribution in [-0.2, 0) is 4.74 Å². The SMILES string of the molecule is Nc1cc(-c2cncn2C2O[C@H](CO)[C@@H](O)[C@H]2O)ncn1. The number of hydrogen-bond donors (Lipinski definition) is 4. The molecule has 9 nitrogen and oxygen atoms in total. The van der Waals surface area contributed by atoms with E-state index < -0.39 is 24.5 Å². The predicted molar refractivity (Wildman–Crippen MR) is 70.7 cm³/mol. The molecule has 1 aliphatic heterocycles. The fourth-order valence-corrected chi connectivity index (χ4v) is 2.33. The minimum atomic E-state index is -1.19. The summed E-state index contributed by atoms with van der Waals surface area (Å²) in [7, 11) is 0. The summed E-state index contributed by atoms with van der Waals surface area (Å²) in [6, 6.07) is 1.56. The Morgan fingerprint density at radius 2 is 2.10 bits per heavy atom. The Morgan fingerprint density at radius 1 is 1.29 bits per heavy atom. The molecule has 3 heterocycles. The summed E-state index contributed by atoms with van der Waals surface area (Å²) in [6.45, 7) is -0.390. The van der Waals surface area contributed by atoms with Crippen LogP contribution in [0, 0.1) is 0 Å². The summed E-state index contributed by atoms with van der Waals surface area (Å²) in [5.41, 5.74) is 6.69. The van der Waals surface area contributed by atoms with E-state index in [9.17, 15) is 10.2 Å². The fraction of sp³-hybridized carbons (Fsp3) is 0.417. The average molecular weight is 293 g/mol. The molecule has 112 valence electrons. The molecule has 0 amide bonds. The highest BCUT2D eigenvalue weighted by Gasteiger charge is 2.43. The van der Waals surface area contributed by atoms with Crippen LogP contribution in [0.3, 0.4) is 0 Å². The van der Waals surface area contributed by atoms with Crippen molar-refractivity contribution < 1.29 is 20.1 Å². The highest BCUT2D eigenvalue weighted by atomic mass is 16.6. The van der Waals surface area contributed by atoms with Gasteiger partial charge >= 0.3 is 0 Å². The molecule has 0 saturated carbocycles. The Morgan fingerprint density at radius 3 is 2.76 bits per heavy atom. The van der Waals surface area contributed by atoms with E-state index in [0.717, 1.165) is 0 Å². The van der Waals surface area contributed by atoms with Crippen LogP contribution < -0.4 is 5.73 Å². The number of imidazole rings is 1. The van der Waals surface area contributed by atoms with E-state index in [-0.39, 0.29) is 6.61 Å². The van der Waals surface area contributed by atoms with Gasteiger partial charge in [-0.3, -0.25) is 4.57 Å². The summed E-state index contributed by atoms with van der Waals surface area (Å²) in [4.78, 5) is 11.9. The lowest BCUT2D eigenvalue weighted by Crippen LogP contribution is -2.33. The van der Waals surface area contributed by atoms with E-state index >= 15 is 0 Å². The first kappa shape index (κ1) is 13.9. The molecule has 9 heteroatoms. The Labute approximate surface area is 119 Å². The number of aliphatic hydroxyl groups is 3. The molecule has 21 heavy (non-hydrogen) atoms. The van der Waals surface area contributed by atoms with Gasteiger partial charge in [-0.15, -0.1) is 0 Å². The number of ether oxygens (including phenoxy) is 1. The van der Waals surface area contributed by atoms with Gasteiger partial charge in [0, 0.05) is 6.07 Å². The number of nitrogens with two attached hydrogens (primary N) is 1. The summed E-state index contributed by atoms with van der Waals surface area (Å²) in [5.74, 6) is 0.300. The zero-order chi connectivity index (χ0) is 15.0. The molecular formula is C12H15N5O4. The molecule has 1 aliphatic rings. The molecule has 0 bridgehead atoms. The highest BCUT2D eigenvalue weighted by Crippen LogP contribution is 2.32. The van der Waals surface area contributed by atoms with Crippen molar-refractivity contribution in [2.45, 2.75) is 24.5 Å². The minimum Gasteiger partial charge on any atom is -0.394 e. The van der Waals surface area contributed by atoms with Crippen molar-refractivity contribution in [2.24, 2.45) is 0 Å². The van der Waals surface area contributed by atoms with Crippen LogP contribution in [0.5, 0.6) is 0 Å². The predicted octanol–water partition coefficient (Wildman–Crippen LogP) is -1.47. The lowest BCUT2D eigenvalue weighted by atomic mass is 10.1. The highest BCUT2D eigenvalue weighted by molar-refractivity contribution is 5.57. The van der Waals surface area contributed by atoms with E-state index in [1.54, 1.807) is 6.07 Å². The van der Waals surface area contributed by atoms with E-state index in [1.165, 1.54) is 23.4 Å². The standard InChI is InChI=1S/C12H15N5O4/c13-9-1-6(15-4-16-9)7-2-14-5-17(7)12-11(20)10(19)8(3-18)21-12/h1-2,4-5,8,10-12,18-20H,3H2,(H2,13,15,16)/t8-,10-,11-,12?/m1/s1. The van der Waals surface area contributed by atoms with Gasteiger partial charge in [0.15, 0.2) is 6.23 Å². The molecule has 5 N–H and O–H groups in total. The topological polar surface area (TPSA) is 140 Å². The molecule has 1 unspecified atom stereocenters. The third-order valence-corrected chi connectivity index (χ3v) is 3.41. The number of rotatable bonds is 3. The second-order valence-corrected chi connectivity index (χ2v) is 4.74. The van der Waals surface area contributed by atoms with E-state index in [0.29, 0.717) is 17.2 Å². The number of nitrogen functional groups attached to an aromatic ring is 1. The Bertz CT molecular complexity index is 634. The maximum absolute atomic E-state index is 10.1. The molecule has 0 aromatic carbocycles. The van der Waals surface area contributed by atoms with Gasteiger partial charge in [-0.05, 0) is 0 Å². The van der Waals surface area contributed by atoms with Gasteiger partial charge in [0.05, 0.1) is 30.5 Å². The van der Waals surface area contributed by atoms with Crippen LogP contribution in [0.25, 0.3) is 11.4 Å². The van der Waals surface area contributed by atoms with Crippen LogP contribution in [0.2, 0.25) is 0 Å². The molecular weight excluding hydrogens is 278 g/mol. The zero-order valence-corrected chi connectivity index (χ0v) is 10.9. The third kappa shape index (κ3) is 2.36. The number of aromatic nitrogens is 4. The Balaban J connectivity index is 1.96. The van der Waals surface area contributed by atoms with Gasteiger partial charge in [0.25, 0.3) is 0 Å². The molecule has 1 fully saturated rings. The molecule has 0 radical (unpaired) electrons. The van der Waals surface area contributed by atoms with Crippen molar-refractivity contribution in [1.82, 2.24) is 19.5 Å². The molecule has 1 saturated heterocycles. The van der Waals surface area contributed by atoms with E-state index in [2.05, 4.69) is 15.0 Å². The summed E-state index contributed by atoms with van der Waals surface area (Å²) in [5, 5.41) is 29.0. The quantitative estimate of drug-likeness (QED) is 0.538. The van der Waals surface area contributed by atoms with Crippen LogP contribution in [0.15, 0.2) is 24.9 Å². The first-order chi connectivity index (χ1) is 10.1. The van der Waals surface area contributed by atoms with Crippen molar-refractivity contribution in [3.05, 3.63) is 24.9 Å². The average Bonchev–Trinajstić information content (AvgIpc) is 3.05. The Hall–Kier alpha value is -2.07. The molecule has 0 aliphatic carbocycles. The third-order valence-electron chi connectivity index (χ3n) is 3.41. The molecule has 4 atom stereocenters. The van der Waals surface area contributed by atoms with E-state index in [1.807, 2.05) is 0 Å². The van der Waals surface area contributed by atoms with Gasteiger partial charge in [0.1, 0.15) is 30.5 Å². The van der Waals surface area contributed by atoms with Gasteiger partial charge < -0.3 is 25.8 Å². The summed E-state index contributed by atoms with van der Waals surface area (Å²) >= 11 is 0. The number of aliphatic hydroxyl groups excluding tert-OH is 3. The van der Waals surface area contributed by atoms with Crippen molar-refractivity contribution in [3.8, 4) is 11.4 Å². The molecule has 0 spiro atoms. The smallest absolute Gasteiger partial charge is 0.164 e. The number of hydrogen-bond acceptors (Lipinski definition) is 8. The fourth-order valence-electron chi connectivity index (χ4n) is 2.33. The largest absolute Gasteiger partial charge is 0.394 e. The molecule has 2 aromatic rings. The van der Waals surface area contributed by atoms with Crippen LogP contribution in [0.4, 0.5) is 5.82 Å². The minimum absolute atomic E-state index is 0.300. The van der Waals surface area contributed by atoms with Crippen molar-refractivity contribution >= 4 is 5.82 Å². The maximum atomic E-state index is 10.1. The first-order valence-corrected chi connectivity index (χ1v) is 6.34. The normalized spacial score (nSPS) is 28.9. The summed E-state index contributed by atoms with van der Waals surface area (Å²) in [6.07, 6.45) is 0.227. The maximum Gasteiger partial charge on any atom is 0.164 e. The molecule has 3 rings (SSSR count). The van der Waals surface area contributed by atoms with Gasteiger partial charge in [-0.1, -0.05) is 0 Å². The van der Waals surface area contributed by atoms with Crippen LogP contribution >= 0.6 is 0 Å². The second-order valence-electron chi connectivity index (χ2n) is 4.74. The lowest BCUT2D eigenvalue weighted by molar-refractivity contribution is -0.0520. The summed E-state index contributed by atoms with van der Waals surface area (Å²) < 4.78 is 7.00. The van der Waals surface area contributed by atoms with Crippen LogP contribution in [-0.4, -0.2) is 59.8 Å². The van der Waals surface area contributed by atoms with E-state index in [4.69, 9.17) is 15.6 Å². The van der Waals surface area contributed by atoms with Gasteiger partial charge in [0.2, 0.25) is 0 Å². The first-order valence-electron chi connectivity index (χ1n) is 6.34. The van der Waals surface area contributed by atoms with Gasteiger partial charge in [-0.25, -0.2) is 15.0 Å². The van der Waals surface area contributed by atoms with Crippen molar-refractivity contribution in [3.63, 3.8) is 0 Å². The van der Waals surface area contributed by atoms with Gasteiger partial charge in [-0.2, -0.15) is 0 Å². The Kier molecular flexibility index (Phi) is 3.55. The molecule has 2 aromatic heterocycles. The zero-order valence-electron chi connectivity index (χ0n) is 10.9. The number of nitrogens with zero attached hydrogens (tertiary/aromatic N) is 4. The van der Waals surface area contributed by atoms with Crippen molar-refractivity contribution in [2.75, 3.05) is 12.3 Å². The second kappa shape index (κ2) is 5.37.